The molecule has 3 heteroatoms. The summed E-state index contributed by atoms with van der Waals surface area (Å²) >= 11 is 12.8. The predicted octanol–water partition coefficient (Wildman–Crippen LogP) is 0.967. The summed E-state index contributed by atoms with van der Waals surface area (Å²) in [5.74, 6) is 0. The summed E-state index contributed by atoms with van der Waals surface area (Å²) in [6.07, 6.45) is 0. The number of hydrogen-bond acceptors (Lipinski definition) is 3. The van der Waals surface area contributed by atoms with Gasteiger partial charge < -0.3 is 0 Å². The summed E-state index contributed by atoms with van der Waals surface area (Å²) in [6, 6.07) is 0. The lowest BCUT2D eigenvalue weighted by molar-refractivity contribution is 1.57. The Morgan fingerprint density at radius 1 is 1.33 bits per heavy atom. The first-order valence-electron chi connectivity index (χ1n) is 1.63. The van der Waals surface area contributed by atoms with Crippen LogP contribution in [0.15, 0.2) is 0 Å². The lowest BCUT2D eigenvalue weighted by atomic mass is 11.0. The van der Waals surface area contributed by atoms with Gasteiger partial charge in [0.25, 0.3) is 0 Å². The van der Waals surface area contributed by atoms with Gasteiger partial charge >= 0.3 is 0 Å². The first kappa shape index (κ1) is 4.94. The van der Waals surface area contributed by atoms with Crippen molar-refractivity contribution >= 4 is 42.3 Å². The second-order valence-electron chi connectivity index (χ2n) is 1.29. The quantitative estimate of drug-likeness (QED) is 0.369. The van der Waals surface area contributed by atoms with E-state index in [1.165, 1.54) is 0 Å². The van der Waals surface area contributed by atoms with E-state index in [9.17, 15) is 0 Å². The molecule has 0 aliphatic heterocycles. The van der Waals surface area contributed by atoms with Crippen LogP contribution in [0.1, 0.15) is 0 Å². The van der Waals surface area contributed by atoms with Crippen LogP contribution < -0.4 is 0 Å². The molecule has 0 heterocycles. The first-order valence-corrected chi connectivity index (χ1v) is 3.07. The highest BCUT2D eigenvalue weighted by Crippen LogP contribution is 2.29. The Bertz CT molecular complexity index is 78.0. The average molecular weight is 136 g/mol. The molecule has 0 nitrogen and oxygen atoms in total. The molecule has 1 rings (SSSR count). The van der Waals surface area contributed by atoms with E-state index >= 15 is 0 Å². The minimum absolute atomic E-state index is 0.309. The van der Waals surface area contributed by atoms with E-state index in [2.05, 4.69) is 25.3 Å². The summed E-state index contributed by atoms with van der Waals surface area (Å²) < 4.78 is 0. The molecule has 0 bridgehead atoms. The Balaban J connectivity index is 2.51. The molecule has 0 amide bonds. The van der Waals surface area contributed by atoms with Crippen molar-refractivity contribution < 1.29 is 0 Å². The van der Waals surface area contributed by atoms with Crippen LogP contribution in [-0.4, -0.2) is 15.4 Å². The van der Waals surface area contributed by atoms with Gasteiger partial charge in [-0.15, -0.1) is 0 Å². The highest BCUT2D eigenvalue weighted by molar-refractivity contribution is 7.94. The number of thiol groups is 2. The number of thiocarbonyl (C=S) groups is 1. The summed E-state index contributed by atoms with van der Waals surface area (Å²) in [5.41, 5.74) is 0. The van der Waals surface area contributed by atoms with Crippen LogP contribution in [0.2, 0.25) is 0 Å². The van der Waals surface area contributed by atoms with E-state index in [0.717, 1.165) is 4.86 Å². The lowest BCUT2D eigenvalue weighted by Crippen LogP contribution is -1.64. The number of rotatable bonds is 0. The molecule has 0 aromatic carbocycles. The summed E-state index contributed by atoms with van der Waals surface area (Å²) in [5, 5.41) is 0.617. The van der Waals surface area contributed by atoms with Gasteiger partial charge in [-0.25, -0.2) is 0 Å². The van der Waals surface area contributed by atoms with Crippen molar-refractivity contribution in [3.05, 3.63) is 0 Å². The molecule has 6 heavy (non-hydrogen) atoms. The molecule has 0 radical (unpaired) electrons. The van der Waals surface area contributed by atoms with Gasteiger partial charge in [0.15, 0.2) is 0 Å². The van der Waals surface area contributed by atoms with Crippen molar-refractivity contribution in [3.8, 4) is 0 Å². The molecule has 34 valence electrons. The van der Waals surface area contributed by atoms with Gasteiger partial charge in [-0.1, -0.05) is 12.2 Å². The maximum absolute atomic E-state index is 4.74. The molecule has 2 unspecified atom stereocenters. The average Bonchev–Trinajstić information content (AvgIpc) is 1.94. The second kappa shape index (κ2) is 1.39. The van der Waals surface area contributed by atoms with Crippen molar-refractivity contribution in [1.29, 1.82) is 0 Å². The first-order chi connectivity index (χ1) is 2.73. The van der Waals surface area contributed by atoms with Crippen LogP contribution >= 0.6 is 37.5 Å². The summed E-state index contributed by atoms with van der Waals surface area (Å²) in [6.45, 7) is 0. The summed E-state index contributed by atoms with van der Waals surface area (Å²) in [4.78, 5) is 0.988. The van der Waals surface area contributed by atoms with Crippen molar-refractivity contribution in [2.75, 3.05) is 0 Å². The van der Waals surface area contributed by atoms with Gasteiger partial charge in [-0.2, -0.15) is 25.3 Å². The Morgan fingerprint density at radius 2 is 1.50 bits per heavy atom. The van der Waals surface area contributed by atoms with E-state index in [-0.39, 0.29) is 0 Å². The molecule has 1 saturated carbocycles. The predicted molar refractivity (Wildman–Crippen MR) is 38.1 cm³/mol. The maximum atomic E-state index is 4.74. The fourth-order valence-electron chi connectivity index (χ4n) is 0.214. The molecule has 0 aromatic rings. The van der Waals surface area contributed by atoms with Crippen LogP contribution in [0.5, 0.6) is 0 Å². The zero-order chi connectivity index (χ0) is 4.73. The molecule has 2 atom stereocenters. The zero-order valence-corrected chi connectivity index (χ0v) is 5.56. The van der Waals surface area contributed by atoms with E-state index in [1.807, 2.05) is 0 Å². The van der Waals surface area contributed by atoms with E-state index < -0.39 is 0 Å². The van der Waals surface area contributed by atoms with Gasteiger partial charge in [0, 0.05) is 4.86 Å². The van der Waals surface area contributed by atoms with Gasteiger partial charge in [0.05, 0.1) is 10.5 Å². The van der Waals surface area contributed by atoms with Crippen molar-refractivity contribution in [2.45, 2.75) is 10.5 Å². The van der Waals surface area contributed by atoms with Crippen LogP contribution in [0.25, 0.3) is 0 Å². The third-order valence-electron chi connectivity index (χ3n) is 0.773. The monoisotopic (exact) mass is 136 g/mol. The van der Waals surface area contributed by atoms with E-state index in [0.29, 0.717) is 10.5 Å². The molecule has 0 spiro atoms. The molecule has 0 N–H and O–H groups in total. The van der Waals surface area contributed by atoms with E-state index in [1.54, 1.807) is 0 Å². The van der Waals surface area contributed by atoms with Gasteiger partial charge in [-0.05, 0) is 0 Å². The van der Waals surface area contributed by atoms with Crippen LogP contribution in [0.3, 0.4) is 0 Å². The molecule has 1 fully saturated rings. The van der Waals surface area contributed by atoms with E-state index in [4.69, 9.17) is 12.2 Å². The fourth-order valence-corrected chi connectivity index (χ4v) is 1.21. The highest BCUT2D eigenvalue weighted by Gasteiger charge is 2.38. The fraction of sp³-hybridized carbons (Fsp3) is 0.667. The van der Waals surface area contributed by atoms with Crippen molar-refractivity contribution in [3.63, 3.8) is 0 Å². The topological polar surface area (TPSA) is 0 Å². The maximum Gasteiger partial charge on any atom is 0.0504 e. The van der Waals surface area contributed by atoms with Crippen molar-refractivity contribution in [2.24, 2.45) is 0 Å². The largest absolute Gasteiger partial charge is 0.169 e. The lowest BCUT2D eigenvalue weighted by Gasteiger charge is -1.63. The standard InChI is InChI=1S/C3H4S3/c4-1-2(5)3(1)6/h1-2,4-5H. The smallest absolute Gasteiger partial charge is 0.0504 e. The third-order valence-corrected chi connectivity index (χ3v) is 3.02. The zero-order valence-electron chi connectivity index (χ0n) is 2.96. The normalized spacial score (nSPS) is 43.3. The Morgan fingerprint density at radius 3 is 1.50 bits per heavy atom. The summed E-state index contributed by atoms with van der Waals surface area (Å²) in [7, 11) is 0. The third kappa shape index (κ3) is 0.591. The molecule has 1 aliphatic carbocycles. The highest BCUT2D eigenvalue weighted by atomic mass is 32.1. The SMILES string of the molecule is S=C1C(S)C1S. The van der Waals surface area contributed by atoms with Gasteiger partial charge in [0.1, 0.15) is 0 Å². The van der Waals surface area contributed by atoms with Crippen LogP contribution in [0, 0.1) is 0 Å². The van der Waals surface area contributed by atoms with Gasteiger partial charge in [-0.3, -0.25) is 0 Å². The molecule has 1 aliphatic rings. The Labute approximate surface area is 53.1 Å². The molecular weight excluding hydrogens is 132 g/mol. The Kier molecular flexibility index (Phi) is 1.14. The molecular formula is C3H4S3. The van der Waals surface area contributed by atoms with Crippen molar-refractivity contribution in [1.82, 2.24) is 0 Å². The minimum atomic E-state index is 0.309. The van der Waals surface area contributed by atoms with Crippen LogP contribution in [0.4, 0.5) is 0 Å². The van der Waals surface area contributed by atoms with Gasteiger partial charge in [0.2, 0.25) is 0 Å². The second-order valence-corrected chi connectivity index (χ2v) is 2.88. The minimum Gasteiger partial charge on any atom is -0.169 e. The van der Waals surface area contributed by atoms with Crippen LogP contribution in [-0.2, 0) is 0 Å². The Hall–Kier alpha value is 0.790. The number of hydrogen-bond donors (Lipinski definition) is 2. The molecule has 0 saturated heterocycles. The molecule has 0 aromatic heterocycles.